The first-order chi connectivity index (χ1) is 15.6. The van der Waals surface area contributed by atoms with Crippen molar-refractivity contribution >= 4 is 28.5 Å². The van der Waals surface area contributed by atoms with Gasteiger partial charge in [-0.1, -0.05) is 24.6 Å². The summed E-state index contributed by atoms with van der Waals surface area (Å²) >= 11 is 0. The van der Waals surface area contributed by atoms with Crippen molar-refractivity contribution in [3.63, 3.8) is 0 Å². The molecule has 2 fully saturated rings. The first kappa shape index (κ1) is 22.5. The second kappa shape index (κ2) is 10.8. The average Bonchev–Trinajstić information content (AvgIpc) is 3.20. The number of nitrogens with one attached hydrogen (secondary N) is 1. The van der Waals surface area contributed by atoms with Gasteiger partial charge in [-0.15, -0.1) is 0 Å². The number of amides is 2. The number of piperidine rings is 2. The van der Waals surface area contributed by atoms with Crippen LogP contribution < -0.4 is 5.32 Å². The Morgan fingerprint density at radius 3 is 2.31 bits per heavy atom. The molecule has 7 heteroatoms. The van der Waals surface area contributed by atoms with E-state index >= 15 is 0 Å². The summed E-state index contributed by atoms with van der Waals surface area (Å²) in [5.74, 6) is -1.05. The van der Waals surface area contributed by atoms with Crippen molar-refractivity contribution in [2.24, 2.45) is 0 Å². The van der Waals surface area contributed by atoms with Crippen LogP contribution in [0, 0.1) is 0 Å². The maximum absolute atomic E-state index is 12.9. The standard InChI is InChI=1S/C25H34N4O3/c30-23(28-16-7-2-8-17-28)19-29-18-21(20-10-3-4-11-22(20)29)24(31)25(32)26-12-9-15-27-13-5-1-6-14-27/h3-4,10-11,18H,1-2,5-9,12-17,19H2,(H,26,32). The van der Waals surface area contributed by atoms with Crippen LogP contribution in [-0.2, 0) is 16.1 Å². The van der Waals surface area contributed by atoms with Gasteiger partial charge in [-0.3, -0.25) is 14.4 Å². The number of hydrogen-bond acceptors (Lipinski definition) is 4. The number of Topliss-reactive ketones (excluding diaryl/α,β-unsaturated/α-hetero) is 1. The molecule has 2 saturated heterocycles. The van der Waals surface area contributed by atoms with Gasteiger partial charge in [-0.2, -0.15) is 0 Å². The number of para-hydroxylation sites is 1. The molecule has 1 aromatic heterocycles. The first-order valence-electron chi connectivity index (χ1n) is 12.0. The Kier molecular flexibility index (Phi) is 7.58. The summed E-state index contributed by atoms with van der Waals surface area (Å²) < 4.78 is 1.81. The van der Waals surface area contributed by atoms with Gasteiger partial charge >= 0.3 is 0 Å². The molecule has 3 heterocycles. The number of ketones is 1. The molecule has 0 atom stereocenters. The Hall–Kier alpha value is -2.67. The Bertz CT molecular complexity index is 955. The van der Waals surface area contributed by atoms with Crippen LogP contribution in [0.4, 0.5) is 0 Å². The molecule has 7 nitrogen and oxygen atoms in total. The normalized spacial score (nSPS) is 17.4. The predicted octanol–water partition coefficient (Wildman–Crippen LogP) is 2.83. The van der Waals surface area contributed by atoms with E-state index in [2.05, 4.69) is 10.2 Å². The van der Waals surface area contributed by atoms with E-state index in [9.17, 15) is 14.4 Å². The molecule has 0 saturated carbocycles. The van der Waals surface area contributed by atoms with Gasteiger partial charge in [0, 0.05) is 36.7 Å². The van der Waals surface area contributed by atoms with Gasteiger partial charge in [-0.05, 0) is 64.2 Å². The minimum absolute atomic E-state index is 0.0617. The summed E-state index contributed by atoms with van der Waals surface area (Å²) in [6.07, 6.45) is 9.55. The monoisotopic (exact) mass is 438 g/mol. The molecule has 32 heavy (non-hydrogen) atoms. The van der Waals surface area contributed by atoms with Crippen molar-refractivity contribution in [2.45, 2.75) is 51.5 Å². The zero-order valence-corrected chi connectivity index (χ0v) is 18.9. The zero-order valence-electron chi connectivity index (χ0n) is 18.9. The molecular weight excluding hydrogens is 404 g/mol. The lowest BCUT2D eigenvalue weighted by Crippen LogP contribution is -2.37. The summed E-state index contributed by atoms with van der Waals surface area (Å²) in [5, 5.41) is 3.50. The summed E-state index contributed by atoms with van der Waals surface area (Å²) in [5.41, 5.74) is 1.17. The van der Waals surface area contributed by atoms with Crippen LogP contribution in [0.2, 0.25) is 0 Å². The number of benzene rings is 1. The summed E-state index contributed by atoms with van der Waals surface area (Å²) in [6.45, 7) is 5.48. The van der Waals surface area contributed by atoms with Gasteiger partial charge < -0.3 is 19.7 Å². The molecule has 4 rings (SSSR count). The van der Waals surface area contributed by atoms with Gasteiger partial charge in [-0.25, -0.2) is 0 Å². The van der Waals surface area contributed by atoms with Crippen LogP contribution in [0.25, 0.3) is 10.9 Å². The number of rotatable bonds is 8. The largest absolute Gasteiger partial charge is 0.349 e. The van der Waals surface area contributed by atoms with Crippen LogP contribution in [0.3, 0.4) is 0 Å². The second-order valence-electron chi connectivity index (χ2n) is 8.97. The molecule has 2 aliphatic heterocycles. The summed E-state index contributed by atoms with van der Waals surface area (Å²) in [4.78, 5) is 42.6. The number of carbonyl (C=O) groups excluding carboxylic acids is 3. The van der Waals surface area contributed by atoms with E-state index in [-0.39, 0.29) is 12.5 Å². The number of hydrogen-bond donors (Lipinski definition) is 1. The number of fused-ring (bicyclic) bond motifs is 1. The van der Waals surface area contributed by atoms with E-state index in [0.29, 0.717) is 17.5 Å². The van der Waals surface area contributed by atoms with Crippen molar-refractivity contribution in [2.75, 3.05) is 39.3 Å². The van der Waals surface area contributed by atoms with Crippen LogP contribution in [0.1, 0.15) is 55.3 Å². The third-order valence-corrected chi connectivity index (χ3v) is 6.64. The molecule has 0 radical (unpaired) electrons. The zero-order chi connectivity index (χ0) is 22.3. The van der Waals surface area contributed by atoms with E-state index in [4.69, 9.17) is 0 Å². The maximum Gasteiger partial charge on any atom is 0.292 e. The predicted molar refractivity (Wildman–Crippen MR) is 125 cm³/mol. The van der Waals surface area contributed by atoms with Gasteiger partial charge in [0.2, 0.25) is 5.91 Å². The fourth-order valence-electron chi connectivity index (χ4n) is 4.84. The smallest absolute Gasteiger partial charge is 0.292 e. The highest BCUT2D eigenvalue weighted by Crippen LogP contribution is 2.22. The molecule has 172 valence electrons. The lowest BCUT2D eigenvalue weighted by Gasteiger charge is -2.27. The molecule has 1 N–H and O–H groups in total. The van der Waals surface area contributed by atoms with E-state index in [1.54, 1.807) is 6.20 Å². The molecule has 2 aromatic rings. The van der Waals surface area contributed by atoms with Gasteiger partial charge in [0.25, 0.3) is 11.7 Å². The van der Waals surface area contributed by atoms with Crippen molar-refractivity contribution in [1.29, 1.82) is 0 Å². The van der Waals surface area contributed by atoms with Gasteiger partial charge in [0.15, 0.2) is 0 Å². The first-order valence-corrected chi connectivity index (χ1v) is 12.0. The molecule has 2 aliphatic rings. The second-order valence-corrected chi connectivity index (χ2v) is 8.97. The Morgan fingerprint density at radius 2 is 1.56 bits per heavy atom. The maximum atomic E-state index is 12.9. The highest BCUT2D eigenvalue weighted by Gasteiger charge is 2.23. The lowest BCUT2D eigenvalue weighted by molar-refractivity contribution is -0.132. The lowest BCUT2D eigenvalue weighted by atomic mass is 10.1. The Morgan fingerprint density at radius 1 is 0.875 bits per heavy atom. The third-order valence-electron chi connectivity index (χ3n) is 6.64. The highest BCUT2D eigenvalue weighted by molar-refractivity contribution is 6.45. The van der Waals surface area contributed by atoms with E-state index in [1.807, 2.05) is 33.7 Å². The molecule has 0 unspecified atom stereocenters. The van der Waals surface area contributed by atoms with Crippen LogP contribution in [0.5, 0.6) is 0 Å². The molecular formula is C25H34N4O3. The number of likely N-dealkylation sites (tertiary alicyclic amines) is 2. The van der Waals surface area contributed by atoms with Crippen molar-refractivity contribution < 1.29 is 14.4 Å². The van der Waals surface area contributed by atoms with Crippen LogP contribution >= 0.6 is 0 Å². The van der Waals surface area contributed by atoms with E-state index < -0.39 is 11.7 Å². The van der Waals surface area contributed by atoms with Crippen LogP contribution in [0.15, 0.2) is 30.5 Å². The number of aromatic nitrogens is 1. The molecule has 0 spiro atoms. The van der Waals surface area contributed by atoms with Crippen molar-refractivity contribution in [3.8, 4) is 0 Å². The molecule has 2 amide bonds. The van der Waals surface area contributed by atoms with Crippen LogP contribution in [-0.4, -0.2) is 71.2 Å². The SMILES string of the molecule is O=C(NCCCN1CCCCC1)C(=O)c1cn(CC(=O)N2CCCCC2)c2ccccc12. The minimum Gasteiger partial charge on any atom is -0.349 e. The fourth-order valence-corrected chi connectivity index (χ4v) is 4.84. The Balaban J connectivity index is 1.38. The average molecular weight is 439 g/mol. The fraction of sp³-hybridized carbons (Fsp3) is 0.560. The van der Waals surface area contributed by atoms with Gasteiger partial charge in [0.1, 0.15) is 6.54 Å². The topological polar surface area (TPSA) is 74.6 Å². The summed E-state index contributed by atoms with van der Waals surface area (Å²) in [6, 6.07) is 7.48. The molecule has 0 bridgehead atoms. The minimum atomic E-state index is -0.575. The number of carbonyl (C=O) groups is 3. The number of nitrogens with zero attached hydrogens (tertiary/aromatic N) is 3. The Labute approximate surface area is 189 Å². The highest BCUT2D eigenvalue weighted by atomic mass is 16.2. The van der Waals surface area contributed by atoms with E-state index in [1.165, 1.54) is 25.7 Å². The molecule has 1 aromatic carbocycles. The quantitative estimate of drug-likeness (QED) is 0.391. The van der Waals surface area contributed by atoms with Crippen molar-refractivity contribution in [3.05, 3.63) is 36.0 Å². The molecule has 0 aliphatic carbocycles. The van der Waals surface area contributed by atoms with E-state index in [0.717, 1.165) is 57.5 Å². The van der Waals surface area contributed by atoms with Crippen molar-refractivity contribution in [1.82, 2.24) is 19.7 Å². The van der Waals surface area contributed by atoms with Gasteiger partial charge in [0.05, 0.1) is 5.56 Å². The third kappa shape index (κ3) is 5.38. The summed E-state index contributed by atoms with van der Waals surface area (Å²) in [7, 11) is 0.